The predicted molar refractivity (Wildman–Crippen MR) is 41.9 cm³/mol. The van der Waals surface area contributed by atoms with Gasteiger partial charge < -0.3 is 4.74 Å². The van der Waals surface area contributed by atoms with E-state index in [-0.39, 0.29) is 0 Å². The van der Waals surface area contributed by atoms with Crippen molar-refractivity contribution in [1.29, 1.82) is 0 Å². The minimum atomic E-state index is -1.28. The molecule has 0 radical (unpaired) electrons. The summed E-state index contributed by atoms with van der Waals surface area (Å²) < 4.78 is 4.39. The van der Waals surface area contributed by atoms with Crippen LogP contribution in [0.5, 0.6) is 0 Å². The van der Waals surface area contributed by atoms with Crippen LogP contribution in [0, 0.1) is 0 Å². The molecule has 0 aliphatic heterocycles. The Hall–Kier alpha value is 0.01000. The molecule has 0 fully saturated rings. The molecule has 0 aromatic rings. The zero-order valence-corrected chi connectivity index (χ0v) is 7.78. The molecule has 0 saturated carbocycles. The number of hydrogen-bond donors (Lipinski definition) is 0. The van der Waals surface area contributed by atoms with Gasteiger partial charge >= 0.3 is 5.97 Å². The topological polar surface area (TPSA) is 43.4 Å². The fourth-order valence-electron chi connectivity index (χ4n) is 0.376. The first kappa shape index (κ1) is 11.0. The number of esters is 1. The van der Waals surface area contributed by atoms with E-state index in [4.69, 9.17) is 34.8 Å². The summed E-state index contributed by atoms with van der Waals surface area (Å²) in [7, 11) is 0. The minimum Gasteiger partial charge on any atom is -0.450 e. The third kappa shape index (κ3) is 4.45. The lowest BCUT2D eigenvalue weighted by Gasteiger charge is -2.12. The van der Waals surface area contributed by atoms with Crippen LogP contribution in [0.2, 0.25) is 0 Å². The van der Waals surface area contributed by atoms with Gasteiger partial charge in [-0.1, -0.05) is 0 Å². The SMILES string of the molecule is CC(=O)OC(C(=O)Cl)C(Cl)Cl. The standard InChI is InChI=1S/C5H5Cl3O3/c1-2(9)11-3(4(6)7)5(8)10/h3-4H,1H3. The van der Waals surface area contributed by atoms with E-state index in [9.17, 15) is 9.59 Å². The van der Waals surface area contributed by atoms with Crippen molar-refractivity contribution in [1.82, 2.24) is 0 Å². The summed E-state index contributed by atoms with van der Waals surface area (Å²) in [5.74, 6) is -0.657. The fourth-order valence-corrected chi connectivity index (χ4v) is 1.01. The Balaban J connectivity index is 4.12. The first-order valence-corrected chi connectivity index (χ1v) is 3.85. The zero-order chi connectivity index (χ0) is 9.02. The van der Waals surface area contributed by atoms with E-state index in [1.165, 1.54) is 0 Å². The highest BCUT2D eigenvalue weighted by atomic mass is 35.5. The highest BCUT2D eigenvalue weighted by Gasteiger charge is 2.26. The van der Waals surface area contributed by atoms with Gasteiger partial charge in [0.05, 0.1) is 0 Å². The molecule has 3 nitrogen and oxygen atoms in total. The molecule has 64 valence electrons. The van der Waals surface area contributed by atoms with Crippen molar-refractivity contribution in [2.75, 3.05) is 0 Å². The molecule has 0 aromatic carbocycles. The lowest BCUT2D eigenvalue weighted by atomic mass is 10.4. The Morgan fingerprint density at radius 1 is 1.36 bits per heavy atom. The highest BCUT2D eigenvalue weighted by molar-refractivity contribution is 6.66. The van der Waals surface area contributed by atoms with E-state index >= 15 is 0 Å². The second kappa shape index (κ2) is 4.80. The summed E-state index contributed by atoms with van der Waals surface area (Å²) in [6, 6.07) is 0. The molecule has 0 saturated heterocycles. The van der Waals surface area contributed by atoms with Crippen LogP contribution in [-0.4, -0.2) is 22.2 Å². The van der Waals surface area contributed by atoms with E-state index in [1.807, 2.05) is 0 Å². The highest BCUT2D eigenvalue weighted by Crippen LogP contribution is 2.14. The normalized spacial score (nSPS) is 12.8. The van der Waals surface area contributed by atoms with Gasteiger partial charge in [-0.15, -0.1) is 23.2 Å². The van der Waals surface area contributed by atoms with E-state index in [0.29, 0.717) is 0 Å². The summed E-state index contributed by atoms with van der Waals surface area (Å²) in [6.07, 6.45) is -1.28. The van der Waals surface area contributed by atoms with Crippen molar-refractivity contribution in [3.8, 4) is 0 Å². The monoisotopic (exact) mass is 218 g/mol. The molecule has 0 N–H and O–H groups in total. The maximum Gasteiger partial charge on any atom is 0.303 e. The summed E-state index contributed by atoms with van der Waals surface area (Å²) in [5, 5.41) is -0.893. The molecule has 0 rings (SSSR count). The van der Waals surface area contributed by atoms with Crippen molar-refractivity contribution >= 4 is 46.0 Å². The van der Waals surface area contributed by atoms with Gasteiger partial charge in [0.2, 0.25) is 6.10 Å². The Morgan fingerprint density at radius 2 is 1.82 bits per heavy atom. The lowest BCUT2D eigenvalue weighted by molar-refractivity contribution is -0.149. The number of ether oxygens (including phenoxy) is 1. The van der Waals surface area contributed by atoms with Crippen LogP contribution in [0.1, 0.15) is 6.92 Å². The number of rotatable bonds is 3. The second-order valence-corrected chi connectivity index (χ2v) is 3.20. The van der Waals surface area contributed by atoms with Gasteiger partial charge in [-0.25, -0.2) is 0 Å². The first-order chi connectivity index (χ1) is 4.95. The number of alkyl halides is 2. The fraction of sp³-hybridized carbons (Fsp3) is 0.600. The molecule has 0 heterocycles. The van der Waals surface area contributed by atoms with Gasteiger partial charge in [0.25, 0.3) is 5.24 Å². The molecule has 0 aliphatic rings. The molecule has 1 unspecified atom stereocenters. The van der Waals surface area contributed by atoms with Crippen LogP contribution in [-0.2, 0) is 14.3 Å². The number of carbonyl (C=O) groups is 2. The van der Waals surface area contributed by atoms with Crippen molar-refractivity contribution < 1.29 is 14.3 Å². The predicted octanol–water partition coefficient (Wildman–Crippen LogP) is 1.49. The molecule has 0 spiro atoms. The summed E-state index contributed by atoms with van der Waals surface area (Å²) in [5.41, 5.74) is 0. The van der Waals surface area contributed by atoms with Gasteiger partial charge in [-0.05, 0) is 11.6 Å². The van der Waals surface area contributed by atoms with Crippen LogP contribution in [0.15, 0.2) is 0 Å². The average molecular weight is 219 g/mol. The molecule has 6 heteroatoms. The average Bonchev–Trinajstić information content (AvgIpc) is 1.81. The molecule has 0 amide bonds. The third-order valence-corrected chi connectivity index (χ3v) is 1.42. The second-order valence-electron chi connectivity index (χ2n) is 1.67. The quantitative estimate of drug-likeness (QED) is 0.410. The van der Waals surface area contributed by atoms with Crippen molar-refractivity contribution in [3.63, 3.8) is 0 Å². The summed E-state index contributed by atoms with van der Waals surface area (Å²) >= 11 is 15.5. The van der Waals surface area contributed by atoms with Crippen LogP contribution < -0.4 is 0 Å². The Morgan fingerprint density at radius 3 is 1.91 bits per heavy atom. The Kier molecular flexibility index (Phi) is 4.81. The molecule has 0 aromatic heterocycles. The maximum atomic E-state index is 10.4. The third-order valence-electron chi connectivity index (χ3n) is 0.745. The van der Waals surface area contributed by atoms with Crippen LogP contribution in [0.3, 0.4) is 0 Å². The Labute approximate surface area is 78.5 Å². The van der Waals surface area contributed by atoms with Crippen LogP contribution >= 0.6 is 34.8 Å². The first-order valence-electron chi connectivity index (χ1n) is 2.60. The van der Waals surface area contributed by atoms with E-state index < -0.39 is 22.2 Å². The van der Waals surface area contributed by atoms with Gasteiger partial charge in [-0.2, -0.15) is 0 Å². The van der Waals surface area contributed by atoms with Crippen LogP contribution in [0.25, 0.3) is 0 Å². The Bertz CT molecular complexity index is 168. The number of carbonyl (C=O) groups excluding carboxylic acids is 2. The maximum absolute atomic E-state index is 10.4. The summed E-state index contributed by atoms with van der Waals surface area (Å²) in [4.78, 5) is 19.6. The molecular formula is C5H5Cl3O3. The van der Waals surface area contributed by atoms with E-state index in [0.717, 1.165) is 6.92 Å². The largest absolute Gasteiger partial charge is 0.450 e. The van der Waals surface area contributed by atoms with Gasteiger partial charge in [-0.3, -0.25) is 9.59 Å². The summed E-state index contributed by atoms with van der Waals surface area (Å²) in [6.45, 7) is 1.13. The lowest BCUT2D eigenvalue weighted by Crippen LogP contribution is -2.28. The van der Waals surface area contributed by atoms with E-state index in [1.54, 1.807) is 0 Å². The van der Waals surface area contributed by atoms with Crippen molar-refractivity contribution in [2.24, 2.45) is 0 Å². The molecule has 0 aliphatic carbocycles. The number of hydrogen-bond acceptors (Lipinski definition) is 3. The van der Waals surface area contributed by atoms with Gasteiger partial charge in [0.15, 0.2) is 4.84 Å². The zero-order valence-electron chi connectivity index (χ0n) is 5.51. The molecule has 1 atom stereocenters. The van der Waals surface area contributed by atoms with Gasteiger partial charge in [0, 0.05) is 6.92 Å². The minimum absolute atomic E-state index is 0.657. The van der Waals surface area contributed by atoms with Crippen molar-refractivity contribution in [2.45, 2.75) is 17.9 Å². The smallest absolute Gasteiger partial charge is 0.303 e. The molecular weight excluding hydrogens is 214 g/mol. The van der Waals surface area contributed by atoms with Gasteiger partial charge in [0.1, 0.15) is 0 Å². The van der Waals surface area contributed by atoms with Crippen LogP contribution in [0.4, 0.5) is 0 Å². The molecule has 11 heavy (non-hydrogen) atoms. The molecule has 0 bridgehead atoms. The van der Waals surface area contributed by atoms with E-state index in [2.05, 4.69) is 4.74 Å². The van der Waals surface area contributed by atoms with Crippen molar-refractivity contribution in [3.05, 3.63) is 0 Å². The number of halogens is 3.